The molecule has 222 valence electrons. The predicted octanol–water partition coefficient (Wildman–Crippen LogP) is 2.02. The first-order chi connectivity index (χ1) is 19.3. The Balaban J connectivity index is 2.62. The molecule has 0 aromatic heterocycles. The third-order valence-electron chi connectivity index (χ3n) is 5.92. The summed E-state index contributed by atoms with van der Waals surface area (Å²) in [5.74, 6) is -5.16. The zero-order valence-electron chi connectivity index (χ0n) is 22.3. The fraction of sp³-hybridized carbons (Fsp3) is 0.261. The summed E-state index contributed by atoms with van der Waals surface area (Å²) >= 11 is 0. The van der Waals surface area contributed by atoms with Crippen LogP contribution >= 0.6 is 7.94 Å². The number of hydrogen-bond acceptors (Lipinski definition) is 13. The molecule has 15 nitrogen and oxygen atoms in total. The number of nitrogens with zero attached hydrogens (tertiary/aromatic N) is 2. The Hall–Kier alpha value is -3.60. The van der Waals surface area contributed by atoms with Crippen molar-refractivity contribution in [3.8, 4) is 0 Å². The highest BCUT2D eigenvalue weighted by Crippen LogP contribution is 2.72. The molecule has 0 saturated carbocycles. The van der Waals surface area contributed by atoms with Gasteiger partial charge in [0.05, 0.1) is 45.3 Å². The quantitative estimate of drug-likeness (QED) is 0.124. The third kappa shape index (κ3) is 4.73. The number of aliphatic hydroxyl groups excluding tert-OH is 1. The molecule has 1 aliphatic rings. The number of esters is 1. The lowest BCUT2D eigenvalue weighted by Gasteiger charge is -2.33. The highest BCUT2D eigenvalue weighted by Gasteiger charge is 2.81. The van der Waals surface area contributed by atoms with Crippen LogP contribution in [0.5, 0.6) is 0 Å². The van der Waals surface area contributed by atoms with Gasteiger partial charge in [-0.2, -0.15) is 17.9 Å². The molecule has 0 bridgehead atoms. The van der Waals surface area contributed by atoms with Crippen LogP contribution in [0, 0.1) is 0 Å². The lowest BCUT2D eigenvalue weighted by molar-refractivity contribution is -0.153. The molecule has 0 spiro atoms. The Morgan fingerprint density at radius 3 is 1.59 bits per heavy atom. The van der Waals surface area contributed by atoms with Crippen LogP contribution in [0.2, 0.25) is 0 Å². The first-order valence-corrected chi connectivity index (χ1v) is 15.6. The molecule has 1 fully saturated rings. The molecule has 1 aliphatic heterocycles. The van der Waals surface area contributed by atoms with Crippen molar-refractivity contribution in [3.63, 3.8) is 0 Å². The van der Waals surface area contributed by atoms with Gasteiger partial charge >= 0.3 is 31.4 Å². The van der Waals surface area contributed by atoms with Crippen molar-refractivity contribution in [3.05, 3.63) is 71.9 Å². The summed E-state index contributed by atoms with van der Waals surface area (Å²) in [7, 11) is -10.4. The fourth-order valence-corrected chi connectivity index (χ4v) is 9.19. The average Bonchev–Trinajstić information content (AvgIpc) is 3.23. The van der Waals surface area contributed by atoms with E-state index in [0.29, 0.717) is 0 Å². The number of urea groups is 1. The van der Waals surface area contributed by atoms with Crippen LogP contribution in [-0.4, -0.2) is 89.5 Å². The molecule has 1 N–H and O–H groups in total. The average molecular weight is 634 g/mol. The fourth-order valence-electron chi connectivity index (χ4n) is 4.11. The monoisotopic (exact) mass is 633 g/mol. The normalized spacial score (nSPS) is 18.8. The van der Waals surface area contributed by atoms with Crippen LogP contribution in [0.15, 0.2) is 81.7 Å². The Kier molecular flexibility index (Phi) is 9.12. The van der Waals surface area contributed by atoms with Gasteiger partial charge in [0.25, 0.3) is 31.3 Å². The Morgan fingerprint density at radius 1 is 0.756 bits per heavy atom. The van der Waals surface area contributed by atoms with E-state index in [1.807, 2.05) is 0 Å². The van der Waals surface area contributed by atoms with Crippen LogP contribution < -0.4 is 0 Å². The number of methoxy groups -OCH3 is 2. The van der Waals surface area contributed by atoms with Gasteiger partial charge in [0.2, 0.25) is 0 Å². The number of sulfonamides is 2. The van der Waals surface area contributed by atoms with E-state index in [1.54, 1.807) is 0 Å². The molecule has 0 aliphatic carbocycles. The summed E-state index contributed by atoms with van der Waals surface area (Å²) in [5.41, 5.74) is -3.65. The standard InChI is InChI=1S/C23H25N2O13PS2/c1-34-19(26)18(39(36-3,37-4)38-5)23(21(28)35-2)20(27)24(40(30,31)16-12-8-6-9-13-16)22(29)25(23)41(32,33)17-14-10-7-11-15-17/h6-15H,1-5H3/p+1/b19-18-. The molecule has 2 aromatic carbocycles. The molecule has 3 rings (SSSR count). The van der Waals surface area contributed by atoms with E-state index in [2.05, 4.69) is 0 Å². The van der Waals surface area contributed by atoms with Gasteiger partial charge < -0.3 is 14.6 Å². The Morgan fingerprint density at radius 2 is 1.20 bits per heavy atom. The minimum atomic E-state index is -5.32. The van der Waals surface area contributed by atoms with E-state index in [-0.39, 0.29) is 4.31 Å². The zero-order valence-corrected chi connectivity index (χ0v) is 24.8. The number of carbonyl (C=O) groups excluding carboxylic acids is 3. The number of rotatable bonds is 11. The number of ether oxygens (including phenoxy) is 2. The zero-order chi connectivity index (χ0) is 30.8. The number of carbonyl (C=O) groups is 3. The second-order valence-corrected chi connectivity index (χ2v) is 14.0. The molecule has 0 radical (unpaired) electrons. The predicted molar refractivity (Wildman–Crippen MR) is 141 cm³/mol. The number of imide groups is 1. The summed E-state index contributed by atoms with van der Waals surface area (Å²) in [5, 5.41) is 9.79. The first kappa shape index (κ1) is 31.9. The second-order valence-electron chi connectivity index (χ2n) is 7.86. The molecule has 3 amide bonds. The minimum Gasteiger partial charge on any atom is -0.478 e. The van der Waals surface area contributed by atoms with Gasteiger partial charge in [-0.15, -0.1) is 4.31 Å². The SMILES string of the molecule is COC(=O)C1(/C(=C(\O)OC)[P+](OC)(OC)OC)C(=O)N(S(=O)(=O)c2ccccc2)C(=O)N1S(=O)(=O)c1ccccc1. The maximum absolute atomic E-state index is 14.4. The van der Waals surface area contributed by atoms with E-state index < -0.39 is 76.8 Å². The van der Waals surface area contributed by atoms with Crippen LogP contribution in [0.25, 0.3) is 0 Å². The number of aliphatic hydroxyl groups is 1. The lowest BCUT2D eigenvalue weighted by Crippen LogP contribution is -2.60. The summed E-state index contributed by atoms with van der Waals surface area (Å²) in [6.07, 6.45) is 0. The minimum absolute atomic E-state index is 0.319. The second kappa shape index (κ2) is 11.7. The highest BCUT2D eigenvalue weighted by molar-refractivity contribution is 7.91. The maximum Gasteiger partial charge on any atom is 0.454 e. The lowest BCUT2D eigenvalue weighted by atomic mass is 9.99. The number of benzene rings is 2. The summed E-state index contributed by atoms with van der Waals surface area (Å²) in [4.78, 5) is 40.9. The summed E-state index contributed by atoms with van der Waals surface area (Å²) in [6.45, 7) is 0. The molecule has 41 heavy (non-hydrogen) atoms. The largest absolute Gasteiger partial charge is 0.478 e. The Bertz CT molecular complexity index is 1570. The van der Waals surface area contributed by atoms with Crippen LogP contribution in [-0.2, 0) is 52.7 Å². The molecule has 1 atom stereocenters. The third-order valence-corrected chi connectivity index (χ3v) is 11.9. The molecule has 1 saturated heterocycles. The summed E-state index contributed by atoms with van der Waals surface area (Å²) < 4.78 is 80.5. The highest BCUT2D eigenvalue weighted by atomic mass is 32.2. The van der Waals surface area contributed by atoms with Crippen molar-refractivity contribution in [2.45, 2.75) is 15.3 Å². The van der Waals surface area contributed by atoms with Gasteiger partial charge in [-0.05, 0) is 24.3 Å². The van der Waals surface area contributed by atoms with Gasteiger partial charge in [0.15, 0.2) is 0 Å². The van der Waals surface area contributed by atoms with Crippen LogP contribution in [0.3, 0.4) is 0 Å². The van der Waals surface area contributed by atoms with Crippen molar-refractivity contribution >= 4 is 45.9 Å². The van der Waals surface area contributed by atoms with Gasteiger partial charge in [0, 0.05) is 0 Å². The molecule has 1 heterocycles. The van der Waals surface area contributed by atoms with Crippen LogP contribution in [0.4, 0.5) is 4.79 Å². The maximum atomic E-state index is 14.4. The van der Waals surface area contributed by atoms with E-state index in [4.69, 9.17) is 23.0 Å². The van der Waals surface area contributed by atoms with E-state index in [1.165, 1.54) is 36.4 Å². The molecule has 1 unspecified atom stereocenters. The van der Waals surface area contributed by atoms with Gasteiger partial charge in [-0.25, -0.2) is 26.4 Å². The van der Waals surface area contributed by atoms with Crippen molar-refractivity contribution in [1.82, 2.24) is 8.61 Å². The topological polar surface area (TPSA) is 192 Å². The first-order valence-electron chi connectivity index (χ1n) is 11.2. The van der Waals surface area contributed by atoms with Crippen molar-refractivity contribution < 1.29 is 59.4 Å². The molecular weight excluding hydrogens is 607 g/mol. The Labute approximate surface area is 236 Å². The number of hydrogen-bond donors (Lipinski definition) is 1. The summed E-state index contributed by atoms with van der Waals surface area (Å²) in [6, 6.07) is 10.1. The van der Waals surface area contributed by atoms with Gasteiger partial charge in [0.1, 0.15) is 0 Å². The van der Waals surface area contributed by atoms with Crippen molar-refractivity contribution in [2.24, 2.45) is 0 Å². The molecular formula is C23H26N2O13PS2+. The van der Waals surface area contributed by atoms with Crippen molar-refractivity contribution in [2.75, 3.05) is 35.5 Å². The van der Waals surface area contributed by atoms with Crippen molar-refractivity contribution in [1.29, 1.82) is 0 Å². The van der Waals surface area contributed by atoms with Gasteiger partial charge in [-0.1, -0.05) is 36.4 Å². The van der Waals surface area contributed by atoms with Gasteiger partial charge in [-0.3, -0.25) is 4.79 Å². The van der Waals surface area contributed by atoms with Crippen LogP contribution in [0.1, 0.15) is 0 Å². The smallest absolute Gasteiger partial charge is 0.454 e. The van der Waals surface area contributed by atoms with E-state index in [9.17, 15) is 36.3 Å². The van der Waals surface area contributed by atoms with E-state index >= 15 is 0 Å². The molecule has 18 heteroatoms. The molecule has 2 aromatic rings. The van der Waals surface area contributed by atoms with E-state index in [0.717, 1.165) is 59.8 Å². The number of amides is 3.